The number of nitrogens with zero attached hydrogens (tertiary/aromatic N) is 4. The molecular weight excluding hydrogens is 224 g/mol. The molecule has 1 aliphatic heterocycles. The van der Waals surface area contributed by atoms with Gasteiger partial charge in [0.2, 0.25) is 12.1 Å². The second-order valence-corrected chi connectivity index (χ2v) is 4.47. The smallest absolute Gasteiger partial charge is 0.394 e. The van der Waals surface area contributed by atoms with Gasteiger partial charge in [0.25, 0.3) is 0 Å². The number of aliphatic hydroxyl groups is 1. The van der Waals surface area contributed by atoms with Crippen LogP contribution in [0.3, 0.4) is 0 Å². The molecule has 1 N–H and O–H groups in total. The lowest BCUT2D eigenvalue weighted by Crippen LogP contribution is -2.36. The monoisotopic (exact) mass is 240 g/mol. The lowest BCUT2D eigenvalue weighted by atomic mass is 10.0. The minimum absolute atomic E-state index is 0.00347. The van der Waals surface area contributed by atoms with E-state index in [0.29, 0.717) is 18.3 Å². The number of imidazole rings is 1. The van der Waals surface area contributed by atoms with E-state index in [2.05, 4.69) is 4.98 Å². The fourth-order valence-electron chi connectivity index (χ4n) is 2.42. The van der Waals surface area contributed by atoms with Crippen LogP contribution in [-0.4, -0.2) is 38.8 Å². The van der Waals surface area contributed by atoms with Crippen LogP contribution in [0, 0.1) is 16.0 Å². The summed E-state index contributed by atoms with van der Waals surface area (Å²) < 4.78 is 1.64. The van der Waals surface area contributed by atoms with Crippen molar-refractivity contribution >= 4 is 11.6 Å². The minimum Gasteiger partial charge on any atom is -0.394 e. The summed E-state index contributed by atoms with van der Waals surface area (Å²) in [5.74, 6) is 0.674. The summed E-state index contributed by atoms with van der Waals surface area (Å²) in [5.41, 5.74) is 0. The van der Waals surface area contributed by atoms with Crippen molar-refractivity contribution in [3.8, 4) is 0 Å². The van der Waals surface area contributed by atoms with Crippen molar-refractivity contribution in [3.63, 3.8) is 0 Å². The summed E-state index contributed by atoms with van der Waals surface area (Å²) in [6.07, 6.45) is 2.36. The molecule has 0 saturated carbocycles. The number of aryl methyl sites for hydroxylation is 1. The average Bonchev–Trinajstić information content (AvgIpc) is 2.81. The molecule has 7 nitrogen and oxygen atoms in total. The average molecular weight is 240 g/mol. The van der Waals surface area contributed by atoms with Crippen molar-refractivity contribution in [2.75, 3.05) is 18.1 Å². The molecule has 94 valence electrons. The van der Waals surface area contributed by atoms with Gasteiger partial charge in [-0.05, 0) is 22.2 Å². The van der Waals surface area contributed by atoms with Gasteiger partial charge in [-0.1, -0.05) is 6.92 Å². The van der Waals surface area contributed by atoms with E-state index in [1.54, 1.807) is 11.6 Å². The van der Waals surface area contributed by atoms with Gasteiger partial charge in [0.15, 0.2) is 0 Å². The molecule has 1 aliphatic rings. The molecule has 0 radical (unpaired) electrons. The molecule has 1 fully saturated rings. The highest BCUT2D eigenvalue weighted by Gasteiger charge is 2.36. The summed E-state index contributed by atoms with van der Waals surface area (Å²) >= 11 is 0. The summed E-state index contributed by atoms with van der Waals surface area (Å²) in [4.78, 5) is 16.1. The van der Waals surface area contributed by atoms with Crippen LogP contribution in [-0.2, 0) is 7.05 Å². The van der Waals surface area contributed by atoms with Crippen LogP contribution in [0.15, 0.2) is 6.33 Å². The first-order valence-corrected chi connectivity index (χ1v) is 5.59. The van der Waals surface area contributed by atoms with E-state index in [0.717, 1.165) is 6.42 Å². The third-order valence-electron chi connectivity index (χ3n) is 3.40. The number of nitro groups is 1. The zero-order valence-corrected chi connectivity index (χ0v) is 9.91. The standard InChI is InChI=1S/C10H16N4O3/c1-7-3-4-13(8(7)5-15)10-9(14(16)17)11-6-12(10)2/h6-8,15H,3-5H2,1-2H3. The highest BCUT2D eigenvalue weighted by molar-refractivity contribution is 5.56. The number of hydrogen-bond acceptors (Lipinski definition) is 5. The zero-order chi connectivity index (χ0) is 12.6. The summed E-state index contributed by atoms with van der Waals surface area (Å²) in [5, 5.41) is 20.3. The molecule has 0 spiro atoms. The van der Waals surface area contributed by atoms with E-state index in [-0.39, 0.29) is 18.5 Å². The van der Waals surface area contributed by atoms with Gasteiger partial charge in [0.05, 0.1) is 12.6 Å². The van der Waals surface area contributed by atoms with E-state index < -0.39 is 4.92 Å². The molecule has 2 rings (SSSR count). The van der Waals surface area contributed by atoms with Gasteiger partial charge in [-0.25, -0.2) is 0 Å². The van der Waals surface area contributed by atoms with E-state index >= 15 is 0 Å². The van der Waals surface area contributed by atoms with Gasteiger partial charge in [0.1, 0.15) is 0 Å². The Kier molecular flexibility index (Phi) is 3.01. The Bertz CT molecular complexity index is 431. The van der Waals surface area contributed by atoms with Gasteiger partial charge in [-0.3, -0.25) is 4.57 Å². The van der Waals surface area contributed by atoms with Crippen molar-refractivity contribution in [2.45, 2.75) is 19.4 Å². The van der Waals surface area contributed by atoms with Gasteiger partial charge in [-0.15, -0.1) is 0 Å². The fraction of sp³-hybridized carbons (Fsp3) is 0.700. The van der Waals surface area contributed by atoms with Crippen molar-refractivity contribution in [1.82, 2.24) is 9.55 Å². The first kappa shape index (κ1) is 11.8. The lowest BCUT2D eigenvalue weighted by molar-refractivity contribution is -0.388. The van der Waals surface area contributed by atoms with E-state index in [9.17, 15) is 15.2 Å². The third kappa shape index (κ3) is 1.86. The second-order valence-electron chi connectivity index (χ2n) is 4.47. The molecule has 1 aromatic rings. The van der Waals surface area contributed by atoms with Gasteiger partial charge < -0.3 is 20.1 Å². The molecule has 0 aromatic carbocycles. The summed E-state index contributed by atoms with van der Waals surface area (Å²) in [6.45, 7) is 2.76. The summed E-state index contributed by atoms with van der Waals surface area (Å²) in [6, 6.07) is -0.0656. The molecular formula is C10H16N4O3. The maximum absolute atomic E-state index is 10.9. The Labute approximate surface area is 98.8 Å². The van der Waals surface area contributed by atoms with Crippen LogP contribution in [0.4, 0.5) is 11.6 Å². The predicted octanol–water partition coefficient (Wildman–Crippen LogP) is 0.535. The number of hydrogen-bond donors (Lipinski definition) is 1. The Morgan fingerprint density at radius 1 is 1.71 bits per heavy atom. The van der Waals surface area contributed by atoms with Crippen LogP contribution < -0.4 is 4.90 Å². The number of aliphatic hydroxyl groups excluding tert-OH is 1. The van der Waals surface area contributed by atoms with Crippen molar-refractivity contribution < 1.29 is 10.0 Å². The van der Waals surface area contributed by atoms with Crippen LogP contribution in [0.1, 0.15) is 13.3 Å². The van der Waals surface area contributed by atoms with Crippen molar-refractivity contribution in [3.05, 3.63) is 16.4 Å². The highest BCUT2D eigenvalue weighted by Crippen LogP contribution is 2.34. The first-order valence-electron chi connectivity index (χ1n) is 5.59. The molecule has 2 heterocycles. The molecule has 2 atom stereocenters. The van der Waals surface area contributed by atoms with E-state index in [1.165, 1.54) is 6.33 Å². The fourth-order valence-corrected chi connectivity index (χ4v) is 2.42. The quantitative estimate of drug-likeness (QED) is 0.615. The summed E-state index contributed by atoms with van der Waals surface area (Å²) in [7, 11) is 1.73. The Hall–Kier alpha value is -1.63. The number of aromatic nitrogens is 2. The molecule has 7 heteroatoms. The molecule has 17 heavy (non-hydrogen) atoms. The first-order chi connectivity index (χ1) is 8.06. The van der Waals surface area contributed by atoms with Crippen LogP contribution >= 0.6 is 0 Å². The molecule has 0 bridgehead atoms. The normalized spacial score (nSPS) is 24.3. The zero-order valence-electron chi connectivity index (χ0n) is 9.91. The molecule has 0 aliphatic carbocycles. The topological polar surface area (TPSA) is 84.4 Å². The SMILES string of the molecule is CC1CCN(c2c([N+](=O)[O-])ncn2C)C1CO. The van der Waals surface area contributed by atoms with E-state index in [1.807, 2.05) is 11.8 Å². The molecule has 1 aromatic heterocycles. The van der Waals surface area contributed by atoms with Crippen molar-refractivity contribution in [2.24, 2.45) is 13.0 Å². The Morgan fingerprint density at radius 3 is 3.00 bits per heavy atom. The van der Waals surface area contributed by atoms with Crippen LogP contribution in [0.2, 0.25) is 0 Å². The van der Waals surface area contributed by atoms with Crippen LogP contribution in [0.25, 0.3) is 0 Å². The van der Waals surface area contributed by atoms with Crippen molar-refractivity contribution in [1.29, 1.82) is 0 Å². The number of anilines is 1. The highest BCUT2D eigenvalue weighted by atomic mass is 16.6. The molecule has 0 amide bonds. The second kappa shape index (κ2) is 4.33. The Morgan fingerprint density at radius 2 is 2.41 bits per heavy atom. The molecule has 2 unspecified atom stereocenters. The molecule has 1 saturated heterocycles. The predicted molar refractivity (Wildman–Crippen MR) is 61.9 cm³/mol. The maximum Gasteiger partial charge on any atom is 0.406 e. The largest absolute Gasteiger partial charge is 0.406 e. The maximum atomic E-state index is 10.9. The third-order valence-corrected chi connectivity index (χ3v) is 3.40. The minimum atomic E-state index is -0.479. The van der Waals surface area contributed by atoms with Gasteiger partial charge in [-0.2, -0.15) is 0 Å². The Balaban J connectivity index is 2.40. The number of rotatable bonds is 3. The van der Waals surface area contributed by atoms with Gasteiger partial charge in [0, 0.05) is 13.6 Å². The lowest BCUT2D eigenvalue weighted by Gasteiger charge is -2.26. The van der Waals surface area contributed by atoms with E-state index in [4.69, 9.17) is 0 Å². The van der Waals surface area contributed by atoms with Crippen LogP contribution in [0.5, 0.6) is 0 Å². The van der Waals surface area contributed by atoms with Gasteiger partial charge >= 0.3 is 5.82 Å².